The molecule has 130 valence electrons. The smallest absolute Gasteiger partial charge is 0.267 e. The second-order valence-electron chi connectivity index (χ2n) is 6.31. The van der Waals surface area contributed by atoms with Crippen LogP contribution >= 0.6 is 0 Å². The Kier molecular flexibility index (Phi) is 3.30. The Morgan fingerprint density at radius 2 is 1.78 bits per heavy atom. The highest BCUT2D eigenvalue weighted by Gasteiger charge is 2.13. The molecule has 3 aromatic carbocycles. The molecule has 0 saturated carbocycles. The van der Waals surface area contributed by atoms with Crippen LogP contribution in [0.15, 0.2) is 77.7 Å². The molecule has 2 heterocycles. The van der Waals surface area contributed by atoms with Crippen LogP contribution in [0.2, 0.25) is 0 Å². The fraction of sp³-hybridized carbons (Fsp3) is 0. The molecule has 0 aliphatic heterocycles. The highest BCUT2D eigenvalue weighted by molar-refractivity contribution is 5.96. The standard InChI is InChI=1S/C21H15N5O/c22-21-24-18-10-9-13(15-7-4-8-19-17(15)12-23-25-19)11-16(18)20(27)26(21)14-5-2-1-3-6-14/h1-12H,(H2,22,24)(H,23,25). The Bertz CT molecular complexity index is 1350. The zero-order valence-corrected chi connectivity index (χ0v) is 14.3. The highest BCUT2D eigenvalue weighted by atomic mass is 16.1. The number of nitrogens with two attached hydrogens (primary N) is 1. The van der Waals surface area contributed by atoms with Gasteiger partial charge >= 0.3 is 0 Å². The molecule has 0 saturated heterocycles. The molecule has 0 unspecified atom stereocenters. The fourth-order valence-electron chi connectivity index (χ4n) is 3.42. The number of aromatic amines is 1. The molecule has 0 fully saturated rings. The lowest BCUT2D eigenvalue weighted by Crippen LogP contribution is -2.23. The lowest BCUT2D eigenvalue weighted by atomic mass is 10.0. The van der Waals surface area contributed by atoms with E-state index in [0.29, 0.717) is 16.6 Å². The van der Waals surface area contributed by atoms with Gasteiger partial charge in [0.2, 0.25) is 5.95 Å². The van der Waals surface area contributed by atoms with Gasteiger partial charge in [-0.15, -0.1) is 0 Å². The van der Waals surface area contributed by atoms with Gasteiger partial charge in [0, 0.05) is 5.39 Å². The molecular formula is C21H15N5O. The molecule has 5 aromatic rings. The van der Waals surface area contributed by atoms with E-state index in [1.54, 1.807) is 6.20 Å². The number of hydrogen-bond acceptors (Lipinski definition) is 4. The predicted molar refractivity (Wildman–Crippen MR) is 107 cm³/mol. The molecule has 0 atom stereocenters. The summed E-state index contributed by atoms with van der Waals surface area (Å²) in [5, 5.41) is 8.61. The molecule has 0 radical (unpaired) electrons. The van der Waals surface area contributed by atoms with Crippen LogP contribution in [-0.2, 0) is 0 Å². The summed E-state index contributed by atoms with van der Waals surface area (Å²) in [6.45, 7) is 0. The summed E-state index contributed by atoms with van der Waals surface area (Å²) in [5.41, 5.74) is 10.0. The number of hydrogen-bond donors (Lipinski definition) is 2. The molecular weight excluding hydrogens is 338 g/mol. The van der Waals surface area contributed by atoms with E-state index in [2.05, 4.69) is 15.2 Å². The summed E-state index contributed by atoms with van der Waals surface area (Å²) >= 11 is 0. The Morgan fingerprint density at radius 1 is 0.926 bits per heavy atom. The third-order valence-corrected chi connectivity index (χ3v) is 4.70. The van der Waals surface area contributed by atoms with Crippen LogP contribution in [0.1, 0.15) is 0 Å². The van der Waals surface area contributed by atoms with E-state index in [1.165, 1.54) is 4.57 Å². The monoisotopic (exact) mass is 353 g/mol. The van der Waals surface area contributed by atoms with Gasteiger partial charge in [-0.3, -0.25) is 9.89 Å². The minimum absolute atomic E-state index is 0.170. The number of aromatic nitrogens is 4. The van der Waals surface area contributed by atoms with Gasteiger partial charge in [0.05, 0.1) is 28.3 Å². The van der Waals surface area contributed by atoms with Crippen LogP contribution in [0.4, 0.5) is 5.95 Å². The number of H-pyrrole nitrogens is 1. The van der Waals surface area contributed by atoms with Crippen molar-refractivity contribution in [3.8, 4) is 16.8 Å². The number of nitrogens with one attached hydrogen (secondary N) is 1. The van der Waals surface area contributed by atoms with E-state index in [-0.39, 0.29) is 11.5 Å². The maximum Gasteiger partial charge on any atom is 0.267 e. The number of anilines is 1. The average Bonchev–Trinajstić information content (AvgIpc) is 3.18. The van der Waals surface area contributed by atoms with Gasteiger partial charge in [-0.1, -0.05) is 36.4 Å². The summed E-state index contributed by atoms with van der Waals surface area (Å²) in [6.07, 6.45) is 1.79. The van der Waals surface area contributed by atoms with Crippen LogP contribution in [0.3, 0.4) is 0 Å². The zero-order chi connectivity index (χ0) is 18.4. The maximum absolute atomic E-state index is 13.2. The van der Waals surface area contributed by atoms with Crippen molar-refractivity contribution < 1.29 is 0 Å². The number of para-hydroxylation sites is 1. The Hall–Kier alpha value is -3.93. The van der Waals surface area contributed by atoms with Crippen LogP contribution in [-0.4, -0.2) is 19.7 Å². The van der Waals surface area contributed by atoms with E-state index in [0.717, 1.165) is 22.0 Å². The average molecular weight is 353 g/mol. The normalized spacial score (nSPS) is 11.3. The van der Waals surface area contributed by atoms with Crippen molar-refractivity contribution in [2.24, 2.45) is 0 Å². The first-order valence-electron chi connectivity index (χ1n) is 8.52. The summed E-state index contributed by atoms with van der Waals surface area (Å²) in [7, 11) is 0. The van der Waals surface area contributed by atoms with E-state index < -0.39 is 0 Å². The van der Waals surface area contributed by atoms with Crippen LogP contribution in [0.5, 0.6) is 0 Å². The Morgan fingerprint density at radius 3 is 2.63 bits per heavy atom. The van der Waals surface area contributed by atoms with E-state index >= 15 is 0 Å². The van der Waals surface area contributed by atoms with Gasteiger partial charge in [0.15, 0.2) is 0 Å². The van der Waals surface area contributed by atoms with Crippen LogP contribution in [0, 0.1) is 0 Å². The molecule has 0 aliphatic carbocycles. The molecule has 3 N–H and O–H groups in total. The minimum atomic E-state index is -0.190. The van der Waals surface area contributed by atoms with Crippen molar-refractivity contribution >= 4 is 27.8 Å². The molecule has 27 heavy (non-hydrogen) atoms. The number of nitrogens with zero attached hydrogens (tertiary/aromatic N) is 3. The summed E-state index contributed by atoms with van der Waals surface area (Å²) in [5.74, 6) is 0.170. The molecule has 0 spiro atoms. The number of fused-ring (bicyclic) bond motifs is 2. The fourth-order valence-corrected chi connectivity index (χ4v) is 3.42. The summed E-state index contributed by atoms with van der Waals surface area (Å²) in [6, 6.07) is 20.9. The Balaban J connectivity index is 1.79. The van der Waals surface area contributed by atoms with Gasteiger partial charge in [-0.05, 0) is 41.5 Å². The third kappa shape index (κ3) is 2.38. The van der Waals surface area contributed by atoms with E-state index in [1.807, 2.05) is 66.7 Å². The van der Waals surface area contributed by atoms with E-state index in [9.17, 15) is 4.79 Å². The van der Waals surface area contributed by atoms with Gasteiger partial charge in [-0.25, -0.2) is 9.55 Å². The van der Waals surface area contributed by atoms with Crippen molar-refractivity contribution in [1.82, 2.24) is 19.7 Å². The minimum Gasteiger partial charge on any atom is -0.369 e. The van der Waals surface area contributed by atoms with Gasteiger partial charge in [-0.2, -0.15) is 5.10 Å². The summed E-state index contributed by atoms with van der Waals surface area (Å²) in [4.78, 5) is 17.6. The predicted octanol–water partition coefficient (Wildman–Crippen LogP) is 3.51. The number of benzene rings is 3. The largest absolute Gasteiger partial charge is 0.369 e. The third-order valence-electron chi connectivity index (χ3n) is 4.70. The maximum atomic E-state index is 13.2. The van der Waals surface area contributed by atoms with Crippen molar-refractivity contribution in [2.75, 3.05) is 5.73 Å². The quantitative estimate of drug-likeness (QED) is 0.508. The SMILES string of the molecule is Nc1nc2ccc(-c3cccc4[nH]ncc34)cc2c(=O)n1-c1ccccc1. The van der Waals surface area contributed by atoms with E-state index in [4.69, 9.17) is 5.73 Å². The van der Waals surface area contributed by atoms with Gasteiger partial charge in [0.1, 0.15) is 0 Å². The van der Waals surface area contributed by atoms with Gasteiger partial charge in [0.25, 0.3) is 5.56 Å². The molecule has 0 bridgehead atoms. The molecule has 6 nitrogen and oxygen atoms in total. The van der Waals surface area contributed by atoms with Gasteiger partial charge < -0.3 is 5.73 Å². The van der Waals surface area contributed by atoms with Crippen LogP contribution < -0.4 is 11.3 Å². The topological polar surface area (TPSA) is 89.6 Å². The van der Waals surface area contributed by atoms with Crippen molar-refractivity contribution in [1.29, 1.82) is 0 Å². The molecule has 0 amide bonds. The lowest BCUT2D eigenvalue weighted by Gasteiger charge is -2.11. The molecule has 2 aromatic heterocycles. The van der Waals surface area contributed by atoms with Crippen LogP contribution in [0.25, 0.3) is 38.6 Å². The van der Waals surface area contributed by atoms with Crippen molar-refractivity contribution in [3.05, 3.63) is 83.3 Å². The first-order chi connectivity index (χ1) is 13.2. The first kappa shape index (κ1) is 15.3. The summed E-state index contributed by atoms with van der Waals surface area (Å²) < 4.78 is 1.44. The number of rotatable bonds is 2. The van der Waals surface area contributed by atoms with Crippen molar-refractivity contribution in [2.45, 2.75) is 0 Å². The zero-order valence-electron chi connectivity index (χ0n) is 14.3. The lowest BCUT2D eigenvalue weighted by molar-refractivity contribution is 0.983. The Labute approximate surface area is 153 Å². The molecule has 5 rings (SSSR count). The van der Waals surface area contributed by atoms with Crippen molar-refractivity contribution in [3.63, 3.8) is 0 Å². The second kappa shape index (κ2) is 5.81. The first-order valence-corrected chi connectivity index (χ1v) is 8.52. The molecule has 0 aliphatic rings. The molecule has 6 heteroatoms. The highest BCUT2D eigenvalue weighted by Crippen LogP contribution is 2.29. The second-order valence-corrected chi connectivity index (χ2v) is 6.31. The number of nitrogen functional groups attached to an aromatic ring is 1.